The van der Waals surface area contributed by atoms with Crippen LogP contribution in [0.3, 0.4) is 0 Å². The molecule has 0 saturated heterocycles. The van der Waals surface area contributed by atoms with E-state index < -0.39 is 0 Å². The molecular weight excluding hydrogens is 184 g/mol. The summed E-state index contributed by atoms with van der Waals surface area (Å²) in [6, 6.07) is 0. The van der Waals surface area contributed by atoms with Crippen molar-refractivity contribution in [2.75, 3.05) is 13.1 Å². The Morgan fingerprint density at radius 1 is 1.33 bits per heavy atom. The van der Waals surface area contributed by atoms with Crippen molar-refractivity contribution in [1.82, 2.24) is 3.06 Å². The molecular formula is C4H12NSb. The van der Waals surface area contributed by atoms with Crippen LogP contribution in [0.2, 0.25) is 0 Å². The van der Waals surface area contributed by atoms with Gasteiger partial charge in [-0.25, -0.2) is 0 Å². The van der Waals surface area contributed by atoms with Crippen LogP contribution in [0.5, 0.6) is 0 Å². The Labute approximate surface area is 53.6 Å². The van der Waals surface area contributed by atoms with Crippen molar-refractivity contribution in [2.24, 2.45) is 0 Å². The van der Waals surface area contributed by atoms with Crippen molar-refractivity contribution in [3.8, 4) is 0 Å². The van der Waals surface area contributed by atoms with E-state index in [0.29, 0.717) is 0 Å². The summed E-state index contributed by atoms with van der Waals surface area (Å²) < 4.78 is 2.38. The zero-order valence-corrected chi connectivity index (χ0v) is 7.73. The number of rotatable bonds is 2. The van der Waals surface area contributed by atoms with Crippen LogP contribution in [0.1, 0.15) is 13.8 Å². The standard InChI is InChI=1S/C4H10N.Sb.2H/c1-3-5-4-2;;;/h3-4H2,1-2H3;;;/q-1;+1;;. The van der Waals surface area contributed by atoms with Gasteiger partial charge in [0, 0.05) is 0 Å². The summed E-state index contributed by atoms with van der Waals surface area (Å²) in [6.45, 7) is 6.82. The van der Waals surface area contributed by atoms with E-state index in [1.807, 2.05) is 0 Å². The van der Waals surface area contributed by atoms with Crippen molar-refractivity contribution in [3.63, 3.8) is 0 Å². The Morgan fingerprint density at radius 2 is 1.67 bits per heavy atom. The molecule has 0 aliphatic rings. The predicted molar refractivity (Wildman–Crippen MR) is 31.5 cm³/mol. The van der Waals surface area contributed by atoms with Crippen LogP contribution in [0.25, 0.3) is 0 Å². The van der Waals surface area contributed by atoms with Gasteiger partial charge in [0.1, 0.15) is 0 Å². The summed E-state index contributed by atoms with van der Waals surface area (Å²) in [5, 5.41) is 0. The summed E-state index contributed by atoms with van der Waals surface area (Å²) in [4.78, 5) is 0. The quantitative estimate of drug-likeness (QED) is 0.556. The van der Waals surface area contributed by atoms with Crippen LogP contribution in [-0.2, 0) is 0 Å². The van der Waals surface area contributed by atoms with Gasteiger partial charge in [-0.15, -0.1) is 0 Å². The molecule has 0 atom stereocenters. The molecule has 0 saturated carbocycles. The molecule has 0 aromatic rings. The van der Waals surface area contributed by atoms with Crippen LogP contribution in [0.15, 0.2) is 0 Å². The van der Waals surface area contributed by atoms with Gasteiger partial charge in [0.2, 0.25) is 0 Å². The molecule has 0 aromatic heterocycles. The molecule has 0 fully saturated rings. The Kier molecular flexibility index (Phi) is 4.46. The first-order valence-electron chi connectivity index (χ1n) is 2.30. The third-order valence-electron chi connectivity index (χ3n) is 0.812. The molecule has 0 bridgehead atoms. The summed E-state index contributed by atoms with van der Waals surface area (Å²) in [6.07, 6.45) is 0. The van der Waals surface area contributed by atoms with Gasteiger partial charge in [-0.2, -0.15) is 0 Å². The first kappa shape index (κ1) is 6.78. The van der Waals surface area contributed by atoms with Crippen molar-refractivity contribution in [3.05, 3.63) is 0 Å². The van der Waals surface area contributed by atoms with Crippen LogP contribution in [0, 0.1) is 0 Å². The maximum atomic E-state index is 2.38. The third-order valence-corrected chi connectivity index (χ3v) is 2.90. The normalized spacial score (nSPS) is 10.0. The second-order valence-electron chi connectivity index (χ2n) is 1.22. The fourth-order valence-corrected chi connectivity index (χ4v) is 0.224. The van der Waals surface area contributed by atoms with Gasteiger partial charge < -0.3 is 0 Å². The molecule has 0 radical (unpaired) electrons. The third kappa shape index (κ3) is 2.99. The first-order valence-corrected chi connectivity index (χ1v) is 3.78. The van der Waals surface area contributed by atoms with Gasteiger partial charge in [0.15, 0.2) is 0 Å². The van der Waals surface area contributed by atoms with E-state index in [-0.39, 0.29) is 0 Å². The minimum atomic E-state index is 1.22. The molecule has 6 heavy (non-hydrogen) atoms. The molecule has 0 spiro atoms. The molecule has 0 N–H and O–H groups in total. The van der Waals surface area contributed by atoms with E-state index in [2.05, 4.69) is 16.9 Å². The van der Waals surface area contributed by atoms with Gasteiger partial charge in [0.05, 0.1) is 0 Å². The molecule has 1 nitrogen and oxygen atoms in total. The zero-order chi connectivity index (χ0) is 4.99. The molecule has 0 heterocycles. The van der Waals surface area contributed by atoms with Gasteiger partial charge >= 0.3 is 53.3 Å². The number of nitrogens with zero attached hydrogens (tertiary/aromatic N) is 1. The van der Waals surface area contributed by atoms with E-state index in [1.54, 1.807) is 0 Å². The SMILES string of the molecule is CC[N]([SbH2])CC. The second kappa shape index (κ2) is 3.95. The van der Waals surface area contributed by atoms with Crippen molar-refractivity contribution >= 4 is 23.3 Å². The molecule has 2 heteroatoms. The predicted octanol–water partition coefficient (Wildman–Crippen LogP) is -0.124. The fraction of sp³-hybridized carbons (Fsp3) is 1.00. The molecule has 0 aromatic carbocycles. The van der Waals surface area contributed by atoms with E-state index in [0.717, 1.165) is 0 Å². The van der Waals surface area contributed by atoms with E-state index in [1.165, 1.54) is 36.4 Å². The first-order chi connectivity index (χ1) is 2.81. The average molecular weight is 196 g/mol. The van der Waals surface area contributed by atoms with Gasteiger partial charge in [-0.1, -0.05) is 0 Å². The maximum absolute atomic E-state index is 2.38. The van der Waals surface area contributed by atoms with Crippen LogP contribution in [0.4, 0.5) is 0 Å². The summed E-state index contributed by atoms with van der Waals surface area (Å²) in [7, 11) is 0. The molecule has 38 valence electrons. The van der Waals surface area contributed by atoms with E-state index >= 15 is 0 Å². The molecule has 0 aliphatic heterocycles. The average Bonchev–Trinajstić information content (AvgIpc) is 1.65. The molecule has 0 unspecified atom stereocenters. The second-order valence-corrected chi connectivity index (χ2v) is 3.31. The topological polar surface area (TPSA) is 3.24 Å². The summed E-state index contributed by atoms with van der Waals surface area (Å²) in [5.41, 5.74) is 0. The van der Waals surface area contributed by atoms with Gasteiger partial charge in [-0.3, -0.25) is 0 Å². The number of hydrogen-bond donors (Lipinski definition) is 0. The van der Waals surface area contributed by atoms with Crippen LogP contribution >= 0.6 is 0 Å². The summed E-state index contributed by atoms with van der Waals surface area (Å²) >= 11 is 1.28. The van der Waals surface area contributed by atoms with Crippen LogP contribution in [-0.4, -0.2) is 39.4 Å². The van der Waals surface area contributed by atoms with Crippen molar-refractivity contribution < 1.29 is 0 Å². The number of hydrogen-bond acceptors (Lipinski definition) is 1. The Bertz CT molecular complexity index is 26.7. The Hall–Kier alpha value is 0.778. The molecule has 0 rings (SSSR count). The van der Waals surface area contributed by atoms with E-state index in [9.17, 15) is 0 Å². The zero-order valence-electron chi connectivity index (χ0n) is 4.44. The minimum absolute atomic E-state index is 1.22. The van der Waals surface area contributed by atoms with Crippen molar-refractivity contribution in [2.45, 2.75) is 13.8 Å². The van der Waals surface area contributed by atoms with Crippen molar-refractivity contribution in [1.29, 1.82) is 0 Å². The molecule has 0 aliphatic carbocycles. The van der Waals surface area contributed by atoms with Gasteiger partial charge in [-0.05, 0) is 0 Å². The Morgan fingerprint density at radius 3 is 1.67 bits per heavy atom. The van der Waals surface area contributed by atoms with E-state index in [4.69, 9.17) is 0 Å². The molecule has 0 amide bonds. The monoisotopic (exact) mass is 195 g/mol. The Balaban J connectivity index is 2.75. The van der Waals surface area contributed by atoms with Crippen LogP contribution < -0.4 is 0 Å². The fourth-order valence-electron chi connectivity index (χ4n) is 0.224. The van der Waals surface area contributed by atoms with Gasteiger partial charge in [0.25, 0.3) is 0 Å². The summed E-state index contributed by atoms with van der Waals surface area (Å²) in [5.74, 6) is 0.